The molecule has 0 spiro atoms. The molecule has 0 aliphatic rings. The van der Waals surface area contributed by atoms with Crippen molar-refractivity contribution in [3.8, 4) is 0 Å². The molecular formula is C16H25NO2. The summed E-state index contributed by atoms with van der Waals surface area (Å²) in [5.41, 5.74) is 2.01. The average Bonchev–Trinajstić information content (AvgIpc) is 2.38. The fraction of sp³-hybridized carbons (Fsp3) is 0.625. The highest BCUT2D eigenvalue weighted by Crippen LogP contribution is 2.07. The number of nitrogens with zero attached hydrogens (tertiary/aromatic N) is 1. The fourth-order valence-corrected chi connectivity index (χ4v) is 2.48. The third-order valence-corrected chi connectivity index (χ3v) is 3.45. The van der Waals surface area contributed by atoms with Crippen molar-refractivity contribution in [1.29, 1.82) is 0 Å². The first-order valence-electron chi connectivity index (χ1n) is 7.39. The van der Waals surface area contributed by atoms with E-state index in [2.05, 4.69) is 24.6 Å². The zero-order valence-corrected chi connectivity index (χ0v) is 12.2. The van der Waals surface area contributed by atoms with Gasteiger partial charge in [0.05, 0.1) is 0 Å². The summed E-state index contributed by atoms with van der Waals surface area (Å²) in [6, 6.07) is 3.83. The lowest BCUT2D eigenvalue weighted by atomic mass is 10.1. The second-order valence-corrected chi connectivity index (χ2v) is 4.99. The molecule has 1 aromatic rings. The first-order valence-corrected chi connectivity index (χ1v) is 7.39. The summed E-state index contributed by atoms with van der Waals surface area (Å²) < 4.78 is 2.20. The molecule has 0 aromatic carbocycles. The zero-order chi connectivity index (χ0) is 14.1. The van der Waals surface area contributed by atoms with Gasteiger partial charge in [0.2, 0.25) is 0 Å². The molecule has 0 N–H and O–H groups in total. The van der Waals surface area contributed by atoms with E-state index < -0.39 is 5.97 Å². The van der Waals surface area contributed by atoms with Gasteiger partial charge in [0.1, 0.15) is 6.54 Å². The summed E-state index contributed by atoms with van der Waals surface area (Å²) in [6.07, 6.45) is 9.18. The standard InChI is InChI=1S/C16H25NO2/c1-3-5-6-7-8-11-17-12-9-10-14(13-16(18)19)15(17)4-2/h9-10,12H,3-8,11,13H2,1-2H3. The molecule has 0 aliphatic carbocycles. The molecule has 0 saturated carbocycles. The van der Waals surface area contributed by atoms with Crippen LogP contribution in [0.4, 0.5) is 0 Å². The second-order valence-electron chi connectivity index (χ2n) is 4.99. The summed E-state index contributed by atoms with van der Waals surface area (Å²) >= 11 is 0. The van der Waals surface area contributed by atoms with Crippen LogP contribution in [0.3, 0.4) is 0 Å². The van der Waals surface area contributed by atoms with Gasteiger partial charge < -0.3 is 9.90 Å². The summed E-state index contributed by atoms with van der Waals surface area (Å²) in [5, 5.41) is 10.8. The van der Waals surface area contributed by atoms with E-state index in [1.54, 1.807) is 0 Å². The number of aromatic nitrogens is 1. The molecule has 1 aromatic heterocycles. The molecule has 106 valence electrons. The van der Waals surface area contributed by atoms with Crippen LogP contribution in [0.15, 0.2) is 18.3 Å². The van der Waals surface area contributed by atoms with Gasteiger partial charge in [-0.15, -0.1) is 0 Å². The Morgan fingerprint density at radius 1 is 1.21 bits per heavy atom. The topological polar surface area (TPSA) is 44.0 Å². The van der Waals surface area contributed by atoms with E-state index in [0.717, 1.165) is 30.6 Å². The van der Waals surface area contributed by atoms with Gasteiger partial charge in [-0.1, -0.05) is 33.1 Å². The van der Waals surface area contributed by atoms with Crippen LogP contribution in [0.2, 0.25) is 0 Å². The lowest BCUT2D eigenvalue weighted by Crippen LogP contribution is -2.40. The number of hydrogen-bond acceptors (Lipinski definition) is 2. The van der Waals surface area contributed by atoms with Crippen molar-refractivity contribution >= 4 is 5.97 Å². The number of unbranched alkanes of at least 4 members (excludes halogenated alkanes) is 4. The van der Waals surface area contributed by atoms with Gasteiger partial charge in [0, 0.05) is 36.9 Å². The third-order valence-electron chi connectivity index (χ3n) is 3.45. The Labute approximate surface area is 116 Å². The van der Waals surface area contributed by atoms with Gasteiger partial charge in [-0.05, 0) is 12.5 Å². The van der Waals surface area contributed by atoms with Crippen molar-refractivity contribution in [1.82, 2.24) is 0 Å². The summed E-state index contributed by atoms with van der Waals surface area (Å²) in [4.78, 5) is 10.8. The lowest BCUT2D eigenvalue weighted by molar-refractivity contribution is -0.704. The Hall–Kier alpha value is -1.38. The summed E-state index contributed by atoms with van der Waals surface area (Å²) in [6.45, 7) is 5.27. The first kappa shape index (κ1) is 15.7. The summed E-state index contributed by atoms with van der Waals surface area (Å²) in [7, 11) is 0. The molecule has 0 aliphatic heterocycles. The van der Waals surface area contributed by atoms with Crippen LogP contribution < -0.4 is 9.67 Å². The van der Waals surface area contributed by atoms with Crippen molar-refractivity contribution < 1.29 is 14.5 Å². The van der Waals surface area contributed by atoms with Crippen molar-refractivity contribution in [3.63, 3.8) is 0 Å². The van der Waals surface area contributed by atoms with Gasteiger partial charge >= 0.3 is 0 Å². The smallest absolute Gasteiger partial charge is 0.184 e. The van der Waals surface area contributed by atoms with Crippen LogP contribution in [0, 0.1) is 0 Å². The van der Waals surface area contributed by atoms with Crippen LogP contribution >= 0.6 is 0 Å². The molecule has 0 bridgehead atoms. The highest BCUT2D eigenvalue weighted by atomic mass is 16.4. The average molecular weight is 263 g/mol. The van der Waals surface area contributed by atoms with Gasteiger partial charge in [-0.25, -0.2) is 4.57 Å². The van der Waals surface area contributed by atoms with E-state index in [9.17, 15) is 9.90 Å². The highest BCUT2D eigenvalue weighted by Gasteiger charge is 2.13. The molecule has 0 unspecified atom stereocenters. The molecule has 0 saturated heterocycles. The molecule has 19 heavy (non-hydrogen) atoms. The normalized spacial score (nSPS) is 10.6. The predicted molar refractivity (Wildman–Crippen MR) is 73.5 cm³/mol. The van der Waals surface area contributed by atoms with Crippen molar-refractivity contribution in [2.24, 2.45) is 0 Å². The van der Waals surface area contributed by atoms with Crippen LogP contribution in [0.5, 0.6) is 0 Å². The molecule has 0 amide bonds. The lowest BCUT2D eigenvalue weighted by Gasteiger charge is -2.08. The van der Waals surface area contributed by atoms with E-state index in [4.69, 9.17) is 0 Å². The molecule has 3 nitrogen and oxygen atoms in total. The van der Waals surface area contributed by atoms with Crippen LogP contribution in [-0.2, 0) is 24.2 Å². The van der Waals surface area contributed by atoms with Gasteiger partial charge in [0.25, 0.3) is 0 Å². The molecule has 0 fully saturated rings. The maximum absolute atomic E-state index is 10.8. The van der Waals surface area contributed by atoms with Crippen LogP contribution in [0.1, 0.15) is 57.2 Å². The Morgan fingerprint density at radius 3 is 2.58 bits per heavy atom. The van der Waals surface area contributed by atoms with Gasteiger partial charge in [-0.2, -0.15) is 0 Å². The molecule has 1 heterocycles. The van der Waals surface area contributed by atoms with E-state index in [0.29, 0.717) is 0 Å². The number of aryl methyl sites for hydroxylation is 1. The van der Waals surface area contributed by atoms with Crippen molar-refractivity contribution in [3.05, 3.63) is 29.6 Å². The second kappa shape index (κ2) is 8.68. The van der Waals surface area contributed by atoms with Gasteiger partial charge in [-0.3, -0.25) is 0 Å². The number of hydrogen-bond donors (Lipinski definition) is 0. The number of carbonyl (C=O) groups excluding carboxylic acids is 1. The minimum atomic E-state index is -1.00. The maximum Gasteiger partial charge on any atom is 0.184 e. The maximum atomic E-state index is 10.8. The minimum absolute atomic E-state index is 0.0137. The van der Waals surface area contributed by atoms with E-state index >= 15 is 0 Å². The Balaban J connectivity index is 2.63. The first-order chi connectivity index (χ1) is 9.19. The highest BCUT2D eigenvalue weighted by molar-refractivity contribution is 5.68. The number of pyridine rings is 1. The minimum Gasteiger partial charge on any atom is -0.550 e. The van der Waals surface area contributed by atoms with Crippen molar-refractivity contribution in [2.75, 3.05) is 0 Å². The van der Waals surface area contributed by atoms with Crippen LogP contribution in [0.25, 0.3) is 0 Å². The molecular weight excluding hydrogens is 238 g/mol. The van der Waals surface area contributed by atoms with E-state index in [-0.39, 0.29) is 6.42 Å². The van der Waals surface area contributed by atoms with E-state index in [1.165, 1.54) is 25.7 Å². The largest absolute Gasteiger partial charge is 0.550 e. The number of carboxylic acids is 1. The molecule has 3 heteroatoms. The Morgan fingerprint density at radius 2 is 1.95 bits per heavy atom. The predicted octanol–water partition coefficient (Wildman–Crippen LogP) is 1.80. The number of carbonyl (C=O) groups is 1. The molecule has 1 rings (SSSR count). The van der Waals surface area contributed by atoms with E-state index in [1.807, 2.05) is 12.1 Å². The zero-order valence-electron chi connectivity index (χ0n) is 12.2. The Bertz CT molecular complexity index is 402. The van der Waals surface area contributed by atoms with Gasteiger partial charge in [0.15, 0.2) is 11.9 Å². The number of carboxylic acid groups (broad SMARTS) is 1. The third kappa shape index (κ3) is 5.41. The van der Waals surface area contributed by atoms with Crippen molar-refractivity contribution in [2.45, 2.75) is 65.3 Å². The SMILES string of the molecule is CCCCCCC[n+]1cccc(CC(=O)[O-])c1CC. The van der Waals surface area contributed by atoms with Crippen LogP contribution in [-0.4, -0.2) is 5.97 Å². The molecule has 0 atom stereocenters. The summed E-state index contributed by atoms with van der Waals surface area (Å²) in [5.74, 6) is -1.00. The monoisotopic (exact) mass is 263 g/mol. The Kier molecular flexibility index (Phi) is 7.16. The number of aliphatic carboxylic acids is 1. The number of rotatable bonds is 9. The quantitative estimate of drug-likeness (QED) is 0.504. The molecule has 0 radical (unpaired) electrons. The fourth-order valence-electron chi connectivity index (χ4n) is 2.48.